The number of amides is 1. The zero-order valence-corrected chi connectivity index (χ0v) is 15.8. The van der Waals surface area contributed by atoms with Crippen LogP contribution in [0.15, 0.2) is 12.4 Å². The van der Waals surface area contributed by atoms with Gasteiger partial charge in [0.25, 0.3) is 5.60 Å². The second kappa shape index (κ2) is 7.50. The van der Waals surface area contributed by atoms with Crippen molar-refractivity contribution in [3.05, 3.63) is 18.0 Å². The molecule has 7 nitrogen and oxygen atoms in total. The molecule has 1 aliphatic rings. The van der Waals surface area contributed by atoms with Gasteiger partial charge in [0, 0.05) is 44.1 Å². The lowest BCUT2D eigenvalue weighted by Crippen LogP contribution is -2.54. The lowest BCUT2D eigenvalue weighted by molar-refractivity contribution is -0.376. The molecule has 0 unspecified atom stereocenters. The van der Waals surface area contributed by atoms with Crippen molar-refractivity contribution in [2.75, 3.05) is 31.1 Å². The summed E-state index contributed by atoms with van der Waals surface area (Å²) < 4.78 is 82.6. The number of aliphatic hydroxyl groups is 1. The Morgan fingerprint density at radius 3 is 1.79 bits per heavy atom. The van der Waals surface area contributed by atoms with Crippen molar-refractivity contribution >= 4 is 12.0 Å². The fourth-order valence-electron chi connectivity index (χ4n) is 2.57. The van der Waals surface area contributed by atoms with Crippen LogP contribution in [0.4, 0.5) is 37.1 Å². The van der Waals surface area contributed by atoms with E-state index in [4.69, 9.17) is 4.74 Å². The van der Waals surface area contributed by atoms with Crippen LogP contribution in [0, 0.1) is 0 Å². The van der Waals surface area contributed by atoms with Gasteiger partial charge in [-0.1, -0.05) is 0 Å². The SMILES string of the molecule is CC(C)(C)OC(=O)N1CCN(c2ncc(C(O)(C(F)(F)F)C(F)(F)F)cn2)CC1. The van der Waals surface area contributed by atoms with E-state index < -0.39 is 35.2 Å². The van der Waals surface area contributed by atoms with E-state index >= 15 is 0 Å². The number of rotatable bonds is 2. The molecule has 1 saturated heterocycles. The molecule has 2 rings (SSSR count). The molecule has 1 aromatic rings. The topological polar surface area (TPSA) is 78.8 Å². The van der Waals surface area contributed by atoms with Gasteiger partial charge in [-0.25, -0.2) is 14.8 Å². The second-order valence-corrected chi connectivity index (χ2v) is 7.43. The molecule has 1 aromatic heterocycles. The summed E-state index contributed by atoms with van der Waals surface area (Å²) in [6, 6.07) is 0. The predicted octanol–water partition coefficient (Wildman–Crippen LogP) is 2.85. The molecule has 0 bridgehead atoms. The van der Waals surface area contributed by atoms with Crippen LogP contribution in [-0.2, 0) is 10.3 Å². The van der Waals surface area contributed by atoms with E-state index in [2.05, 4.69) is 9.97 Å². The molecule has 0 spiro atoms. The Balaban J connectivity index is 2.11. The van der Waals surface area contributed by atoms with Gasteiger partial charge < -0.3 is 19.6 Å². The molecule has 29 heavy (non-hydrogen) atoms. The van der Waals surface area contributed by atoms with Crippen LogP contribution >= 0.6 is 0 Å². The van der Waals surface area contributed by atoms with Gasteiger partial charge in [-0.15, -0.1) is 0 Å². The highest BCUT2D eigenvalue weighted by Gasteiger charge is 2.71. The summed E-state index contributed by atoms with van der Waals surface area (Å²) in [5.41, 5.74) is -7.29. The van der Waals surface area contributed by atoms with Crippen LogP contribution in [0.2, 0.25) is 0 Å². The molecular weight excluding hydrogens is 410 g/mol. The van der Waals surface area contributed by atoms with Crippen LogP contribution in [0.5, 0.6) is 0 Å². The van der Waals surface area contributed by atoms with Crippen molar-refractivity contribution in [2.45, 2.75) is 44.3 Å². The molecule has 1 fully saturated rings. The highest BCUT2D eigenvalue weighted by atomic mass is 19.4. The van der Waals surface area contributed by atoms with Gasteiger partial charge in [0.2, 0.25) is 5.95 Å². The average Bonchev–Trinajstić information content (AvgIpc) is 2.58. The minimum Gasteiger partial charge on any atom is -0.444 e. The number of piperazine rings is 1. The van der Waals surface area contributed by atoms with Crippen molar-refractivity contribution in [3.63, 3.8) is 0 Å². The molecule has 1 N–H and O–H groups in total. The van der Waals surface area contributed by atoms with Crippen LogP contribution in [0.25, 0.3) is 0 Å². The summed E-state index contributed by atoms with van der Waals surface area (Å²) in [6.07, 6.45) is -12.0. The Kier molecular flexibility index (Phi) is 5.94. The Morgan fingerprint density at radius 1 is 0.966 bits per heavy atom. The number of carbonyl (C=O) groups excluding carboxylic acids is 1. The van der Waals surface area contributed by atoms with Crippen LogP contribution < -0.4 is 4.90 Å². The lowest BCUT2D eigenvalue weighted by Gasteiger charge is -2.36. The van der Waals surface area contributed by atoms with Gasteiger partial charge in [0.15, 0.2) is 0 Å². The highest BCUT2D eigenvalue weighted by Crippen LogP contribution is 2.49. The molecular formula is C16H20F6N4O3. The van der Waals surface area contributed by atoms with Crippen molar-refractivity contribution in [2.24, 2.45) is 0 Å². The lowest BCUT2D eigenvalue weighted by atomic mass is 9.95. The van der Waals surface area contributed by atoms with E-state index in [-0.39, 0.29) is 32.1 Å². The number of aromatic nitrogens is 2. The third-order valence-electron chi connectivity index (χ3n) is 4.09. The fourth-order valence-corrected chi connectivity index (χ4v) is 2.57. The summed E-state index contributed by atoms with van der Waals surface area (Å²) in [4.78, 5) is 22.0. The first-order chi connectivity index (χ1) is 13.1. The van der Waals surface area contributed by atoms with Gasteiger partial charge in [-0.05, 0) is 20.8 Å². The molecule has 0 atom stereocenters. The molecule has 0 radical (unpaired) electrons. The summed E-state index contributed by atoms with van der Waals surface area (Å²) in [5.74, 6) is -0.121. The third kappa shape index (κ3) is 4.82. The first kappa shape index (κ1) is 23.0. The highest BCUT2D eigenvalue weighted by molar-refractivity contribution is 5.68. The van der Waals surface area contributed by atoms with E-state index in [1.165, 1.54) is 9.80 Å². The zero-order chi connectivity index (χ0) is 22.3. The van der Waals surface area contributed by atoms with Crippen molar-refractivity contribution in [3.8, 4) is 0 Å². The van der Waals surface area contributed by atoms with Crippen molar-refractivity contribution in [1.82, 2.24) is 14.9 Å². The molecule has 13 heteroatoms. The van der Waals surface area contributed by atoms with Gasteiger partial charge in [0.1, 0.15) is 5.60 Å². The molecule has 0 aliphatic carbocycles. The van der Waals surface area contributed by atoms with Crippen LogP contribution in [-0.4, -0.2) is 70.2 Å². The van der Waals surface area contributed by atoms with Gasteiger partial charge in [-0.2, -0.15) is 26.3 Å². The number of carbonyl (C=O) groups is 1. The molecule has 2 heterocycles. The van der Waals surface area contributed by atoms with Crippen molar-refractivity contribution in [1.29, 1.82) is 0 Å². The Bertz CT molecular complexity index is 708. The fraction of sp³-hybridized carbons (Fsp3) is 0.688. The summed E-state index contributed by atoms with van der Waals surface area (Å²) in [7, 11) is 0. The van der Waals surface area contributed by atoms with E-state index in [0.29, 0.717) is 12.4 Å². The van der Waals surface area contributed by atoms with Crippen LogP contribution in [0.3, 0.4) is 0 Å². The first-order valence-electron chi connectivity index (χ1n) is 8.47. The number of ether oxygens (including phenoxy) is 1. The number of anilines is 1. The second-order valence-electron chi connectivity index (χ2n) is 7.43. The number of hydrogen-bond donors (Lipinski definition) is 1. The summed E-state index contributed by atoms with van der Waals surface area (Å²) in [5, 5.41) is 9.34. The smallest absolute Gasteiger partial charge is 0.430 e. The first-order valence-corrected chi connectivity index (χ1v) is 8.47. The Morgan fingerprint density at radius 2 is 1.41 bits per heavy atom. The van der Waals surface area contributed by atoms with Crippen LogP contribution in [0.1, 0.15) is 26.3 Å². The number of hydrogen-bond acceptors (Lipinski definition) is 6. The monoisotopic (exact) mass is 430 g/mol. The van der Waals surface area contributed by atoms with E-state index in [1.54, 1.807) is 20.8 Å². The predicted molar refractivity (Wildman–Crippen MR) is 88.1 cm³/mol. The third-order valence-corrected chi connectivity index (χ3v) is 4.09. The summed E-state index contributed by atoms with van der Waals surface area (Å²) in [6.45, 7) is 5.92. The van der Waals surface area contributed by atoms with Gasteiger partial charge in [-0.3, -0.25) is 0 Å². The molecule has 1 amide bonds. The molecule has 1 aliphatic heterocycles. The number of alkyl halides is 6. The summed E-state index contributed by atoms with van der Waals surface area (Å²) >= 11 is 0. The maximum Gasteiger partial charge on any atom is 0.430 e. The molecule has 0 aromatic carbocycles. The van der Waals surface area contributed by atoms with Crippen molar-refractivity contribution < 1.29 is 41.0 Å². The largest absolute Gasteiger partial charge is 0.444 e. The van der Waals surface area contributed by atoms with E-state index in [9.17, 15) is 36.2 Å². The van der Waals surface area contributed by atoms with E-state index in [1.807, 2.05) is 0 Å². The normalized spacial score (nSPS) is 16.8. The molecule has 0 saturated carbocycles. The van der Waals surface area contributed by atoms with Gasteiger partial charge >= 0.3 is 18.4 Å². The minimum atomic E-state index is -6.00. The van der Waals surface area contributed by atoms with Gasteiger partial charge in [0.05, 0.1) is 0 Å². The maximum absolute atomic E-state index is 12.9. The minimum absolute atomic E-state index is 0.121. The standard InChI is InChI=1S/C16H20F6N4O3/c1-13(2,3)29-12(27)26-6-4-25(5-7-26)11-23-8-10(9-24-11)14(28,15(17,18)19)16(20,21)22/h8-9,28H,4-7H2,1-3H3. The Labute approximate surface area is 162 Å². The van der Waals surface area contributed by atoms with E-state index in [0.717, 1.165) is 0 Å². The quantitative estimate of drug-likeness (QED) is 0.728. The zero-order valence-electron chi connectivity index (χ0n) is 15.8. The molecule has 164 valence electrons. The number of halogens is 6. The maximum atomic E-state index is 12.9. The average molecular weight is 430 g/mol. The number of nitrogens with zero attached hydrogens (tertiary/aromatic N) is 4. The Hall–Kier alpha value is -2.31.